The number of methoxy groups -OCH3 is 1. The summed E-state index contributed by atoms with van der Waals surface area (Å²) >= 11 is 0. The van der Waals surface area contributed by atoms with Crippen LogP contribution < -0.4 is 15.6 Å². The Bertz CT molecular complexity index is 1060. The third-order valence-corrected chi connectivity index (χ3v) is 4.04. The van der Waals surface area contributed by atoms with Crippen LogP contribution >= 0.6 is 0 Å². The van der Waals surface area contributed by atoms with Crippen molar-refractivity contribution in [1.82, 2.24) is 9.78 Å². The molecule has 3 aromatic rings. The van der Waals surface area contributed by atoms with Gasteiger partial charge in [0, 0.05) is 5.69 Å². The van der Waals surface area contributed by atoms with Crippen molar-refractivity contribution in [3.05, 3.63) is 81.5 Å². The molecule has 1 heterocycles. The predicted octanol–water partition coefficient (Wildman–Crippen LogP) is 3.25. The second kappa shape index (κ2) is 7.41. The number of nitrogens with zero attached hydrogens (tertiary/aromatic N) is 2. The summed E-state index contributed by atoms with van der Waals surface area (Å²) < 4.78 is 20.0. The third-order valence-electron chi connectivity index (χ3n) is 4.04. The first-order valence-corrected chi connectivity index (χ1v) is 8.22. The number of aromatic nitrogens is 2. The fraction of sp³-hybridized carbons (Fsp3) is 0.150. The molecule has 1 N–H and O–H groups in total. The van der Waals surface area contributed by atoms with E-state index in [0.29, 0.717) is 11.3 Å². The van der Waals surface area contributed by atoms with Gasteiger partial charge in [0.15, 0.2) is 11.4 Å². The van der Waals surface area contributed by atoms with Gasteiger partial charge in [0.2, 0.25) is 0 Å². The lowest BCUT2D eigenvalue weighted by molar-refractivity contribution is 0.101. The third kappa shape index (κ3) is 3.87. The highest BCUT2D eigenvalue weighted by Crippen LogP contribution is 2.18. The number of nitrogens with one attached hydrogen (secondary N) is 1. The molecule has 0 saturated carbocycles. The second-order valence-electron chi connectivity index (χ2n) is 6.06. The highest BCUT2D eigenvalue weighted by atomic mass is 19.1. The van der Waals surface area contributed by atoms with Crippen molar-refractivity contribution in [1.29, 1.82) is 0 Å². The first kappa shape index (κ1) is 18.3. The van der Waals surface area contributed by atoms with Gasteiger partial charge < -0.3 is 10.1 Å². The molecule has 0 saturated heterocycles. The van der Waals surface area contributed by atoms with Crippen molar-refractivity contribution in [2.24, 2.45) is 0 Å². The Morgan fingerprint density at radius 1 is 1.11 bits per heavy atom. The molecule has 0 aliphatic carbocycles. The van der Waals surface area contributed by atoms with Crippen molar-refractivity contribution >= 4 is 11.6 Å². The number of halogens is 1. The van der Waals surface area contributed by atoms with Gasteiger partial charge in [0.25, 0.3) is 11.5 Å². The molecule has 0 spiro atoms. The fourth-order valence-electron chi connectivity index (χ4n) is 2.48. The number of rotatable bonds is 4. The molecule has 7 heteroatoms. The van der Waals surface area contributed by atoms with E-state index in [9.17, 15) is 14.0 Å². The molecule has 138 valence electrons. The number of anilines is 1. The smallest absolute Gasteiger partial charge is 0.280 e. The number of ether oxygens (including phenoxy) is 1. The van der Waals surface area contributed by atoms with E-state index < -0.39 is 17.3 Å². The van der Waals surface area contributed by atoms with Crippen LogP contribution in [0.25, 0.3) is 5.69 Å². The Kier molecular flexibility index (Phi) is 5.03. The van der Waals surface area contributed by atoms with Crippen LogP contribution in [0.15, 0.2) is 53.3 Å². The van der Waals surface area contributed by atoms with Crippen LogP contribution in [0.1, 0.15) is 21.6 Å². The van der Waals surface area contributed by atoms with E-state index in [1.54, 1.807) is 31.2 Å². The molecular formula is C20H18FN3O3. The summed E-state index contributed by atoms with van der Waals surface area (Å²) in [6.45, 7) is 3.55. The Labute approximate surface area is 155 Å². The minimum Gasteiger partial charge on any atom is -0.494 e. The summed E-state index contributed by atoms with van der Waals surface area (Å²) in [5.74, 6) is -1.01. The van der Waals surface area contributed by atoms with E-state index in [-0.39, 0.29) is 17.1 Å². The van der Waals surface area contributed by atoms with E-state index in [4.69, 9.17) is 4.74 Å². The van der Waals surface area contributed by atoms with E-state index in [1.165, 1.54) is 19.2 Å². The van der Waals surface area contributed by atoms with Crippen LogP contribution in [0.2, 0.25) is 0 Å². The molecule has 3 rings (SSSR count). The van der Waals surface area contributed by atoms with Crippen LogP contribution in [-0.4, -0.2) is 22.8 Å². The Morgan fingerprint density at radius 3 is 2.44 bits per heavy atom. The number of amides is 1. The average molecular weight is 367 g/mol. The number of carbonyl (C=O) groups is 1. The van der Waals surface area contributed by atoms with Crippen LogP contribution in [0.4, 0.5) is 10.1 Å². The molecule has 27 heavy (non-hydrogen) atoms. The zero-order chi connectivity index (χ0) is 19.6. The SMILES string of the molecule is COc1cc(=O)n(-c2ccc(C)cc2)nc1C(=O)Nc1ccc(C)c(F)c1. The number of carbonyl (C=O) groups excluding carboxylic acids is 1. The van der Waals surface area contributed by atoms with Gasteiger partial charge in [-0.15, -0.1) is 0 Å². The molecule has 1 amide bonds. The number of benzene rings is 2. The fourth-order valence-corrected chi connectivity index (χ4v) is 2.48. The maximum Gasteiger partial charge on any atom is 0.280 e. The monoisotopic (exact) mass is 367 g/mol. The maximum absolute atomic E-state index is 13.7. The van der Waals surface area contributed by atoms with Crippen molar-refractivity contribution in [2.75, 3.05) is 12.4 Å². The summed E-state index contributed by atoms with van der Waals surface area (Å²) in [7, 11) is 1.34. The number of hydrogen-bond donors (Lipinski definition) is 1. The van der Waals surface area contributed by atoms with Gasteiger partial charge >= 0.3 is 0 Å². The van der Waals surface area contributed by atoms with Gasteiger partial charge in [0.1, 0.15) is 5.82 Å². The van der Waals surface area contributed by atoms with Crippen molar-refractivity contribution in [3.63, 3.8) is 0 Å². The summed E-state index contributed by atoms with van der Waals surface area (Å²) in [5, 5.41) is 6.72. The predicted molar refractivity (Wildman–Crippen MR) is 100 cm³/mol. The van der Waals surface area contributed by atoms with Crippen molar-refractivity contribution < 1.29 is 13.9 Å². The summed E-state index contributed by atoms with van der Waals surface area (Å²) in [6, 6.07) is 12.7. The first-order chi connectivity index (χ1) is 12.9. The lowest BCUT2D eigenvalue weighted by Gasteiger charge is -2.12. The number of hydrogen-bond acceptors (Lipinski definition) is 4. The highest BCUT2D eigenvalue weighted by molar-refractivity contribution is 6.04. The van der Waals surface area contributed by atoms with Crippen molar-refractivity contribution in [2.45, 2.75) is 13.8 Å². The molecule has 0 fully saturated rings. The molecule has 1 aromatic heterocycles. The van der Waals surface area contributed by atoms with E-state index in [1.807, 2.05) is 19.1 Å². The lowest BCUT2D eigenvalue weighted by Crippen LogP contribution is -2.26. The Balaban J connectivity index is 2.01. The average Bonchev–Trinajstić information content (AvgIpc) is 2.65. The zero-order valence-corrected chi connectivity index (χ0v) is 15.1. The van der Waals surface area contributed by atoms with Crippen LogP contribution in [-0.2, 0) is 0 Å². The second-order valence-corrected chi connectivity index (χ2v) is 6.06. The normalized spacial score (nSPS) is 10.5. The molecule has 6 nitrogen and oxygen atoms in total. The van der Waals surface area contributed by atoms with Gasteiger partial charge in [-0.1, -0.05) is 23.8 Å². The van der Waals surface area contributed by atoms with Crippen LogP contribution in [0.5, 0.6) is 5.75 Å². The van der Waals surface area contributed by atoms with E-state index >= 15 is 0 Å². The van der Waals surface area contributed by atoms with Crippen LogP contribution in [0, 0.1) is 19.7 Å². The standard InChI is InChI=1S/C20H18FN3O3/c1-12-4-8-15(9-5-12)24-18(25)11-17(27-3)19(23-24)20(26)22-14-7-6-13(2)16(21)10-14/h4-11H,1-3H3,(H,22,26). The largest absolute Gasteiger partial charge is 0.494 e. The van der Waals surface area contributed by atoms with Crippen molar-refractivity contribution in [3.8, 4) is 11.4 Å². The summed E-state index contributed by atoms with van der Waals surface area (Å²) in [5.41, 5.74) is 1.77. The van der Waals surface area contributed by atoms with Gasteiger partial charge in [-0.2, -0.15) is 9.78 Å². The summed E-state index contributed by atoms with van der Waals surface area (Å²) in [4.78, 5) is 25.0. The van der Waals surface area contributed by atoms with E-state index in [2.05, 4.69) is 10.4 Å². The summed E-state index contributed by atoms with van der Waals surface area (Å²) in [6.07, 6.45) is 0. The van der Waals surface area contributed by atoms with Gasteiger partial charge in [0.05, 0.1) is 18.9 Å². The molecule has 0 aliphatic heterocycles. The Hall–Kier alpha value is -3.48. The molecular weight excluding hydrogens is 349 g/mol. The van der Waals surface area contributed by atoms with Crippen LogP contribution in [0.3, 0.4) is 0 Å². The first-order valence-electron chi connectivity index (χ1n) is 8.22. The molecule has 0 unspecified atom stereocenters. The topological polar surface area (TPSA) is 73.2 Å². The van der Waals surface area contributed by atoms with Gasteiger partial charge in [-0.25, -0.2) is 4.39 Å². The molecule has 0 bridgehead atoms. The maximum atomic E-state index is 13.7. The minimum absolute atomic E-state index is 0.0356. The quantitative estimate of drug-likeness (QED) is 0.768. The van der Waals surface area contributed by atoms with E-state index in [0.717, 1.165) is 10.2 Å². The molecule has 0 aliphatic rings. The molecule has 2 aromatic carbocycles. The van der Waals surface area contributed by atoms with Gasteiger partial charge in [-0.3, -0.25) is 9.59 Å². The molecule has 0 atom stereocenters. The lowest BCUT2D eigenvalue weighted by atomic mass is 10.2. The van der Waals surface area contributed by atoms with Gasteiger partial charge in [-0.05, 0) is 43.7 Å². The highest BCUT2D eigenvalue weighted by Gasteiger charge is 2.18. The number of aryl methyl sites for hydroxylation is 2. The minimum atomic E-state index is -0.615. The zero-order valence-electron chi connectivity index (χ0n) is 15.1. The molecule has 0 radical (unpaired) electrons. The Morgan fingerprint density at radius 2 is 1.81 bits per heavy atom.